The van der Waals surface area contributed by atoms with Crippen LogP contribution in [0.15, 0.2) is 176 Å². The summed E-state index contributed by atoms with van der Waals surface area (Å²) in [7, 11) is 0. The van der Waals surface area contributed by atoms with Crippen LogP contribution in [0.2, 0.25) is 0 Å². The number of anilines is 3. The molecule has 0 unspecified atom stereocenters. The summed E-state index contributed by atoms with van der Waals surface area (Å²) < 4.78 is 2.47. The van der Waals surface area contributed by atoms with E-state index in [9.17, 15) is 5.26 Å². The van der Waals surface area contributed by atoms with Crippen molar-refractivity contribution in [3.63, 3.8) is 0 Å². The van der Waals surface area contributed by atoms with E-state index >= 15 is 0 Å². The Morgan fingerprint density at radius 1 is 0.538 bits per heavy atom. The highest BCUT2D eigenvalue weighted by molar-refractivity contribution is 7.26. The first-order valence-corrected chi connectivity index (χ1v) is 18.5. The highest BCUT2D eigenvalue weighted by atomic mass is 32.1. The van der Waals surface area contributed by atoms with E-state index in [-0.39, 0.29) is 0 Å². The molecule has 9 aromatic rings. The third-order valence-corrected chi connectivity index (χ3v) is 12.0. The minimum Gasteiger partial charge on any atom is -0.308 e. The first-order valence-electron chi connectivity index (χ1n) is 17.7. The van der Waals surface area contributed by atoms with E-state index in [4.69, 9.17) is 0 Å². The predicted octanol–water partition coefficient (Wildman–Crippen LogP) is 13.2. The lowest BCUT2D eigenvalue weighted by molar-refractivity contribution is 0.768. The van der Waals surface area contributed by atoms with E-state index in [1.807, 2.05) is 29.5 Å². The van der Waals surface area contributed by atoms with Gasteiger partial charge in [0.15, 0.2) is 0 Å². The second-order valence-corrected chi connectivity index (χ2v) is 14.7. The smallest absolute Gasteiger partial charge is 0.0992 e. The van der Waals surface area contributed by atoms with Crippen LogP contribution >= 0.6 is 11.3 Å². The van der Waals surface area contributed by atoms with Gasteiger partial charge in [0.1, 0.15) is 0 Å². The lowest BCUT2D eigenvalue weighted by atomic mass is 9.67. The highest BCUT2D eigenvalue weighted by Crippen LogP contribution is 2.60. The molecule has 1 heterocycles. The molecule has 0 bridgehead atoms. The van der Waals surface area contributed by atoms with E-state index in [0.29, 0.717) is 5.56 Å². The molecule has 0 aliphatic heterocycles. The molecule has 2 nitrogen and oxygen atoms in total. The quantitative estimate of drug-likeness (QED) is 0.181. The fourth-order valence-electron chi connectivity index (χ4n) is 8.65. The summed E-state index contributed by atoms with van der Waals surface area (Å²) in [6.07, 6.45) is 0. The van der Waals surface area contributed by atoms with Crippen molar-refractivity contribution in [2.75, 3.05) is 4.90 Å². The lowest BCUT2D eigenvalue weighted by Gasteiger charge is -2.35. The largest absolute Gasteiger partial charge is 0.308 e. The molecule has 10 rings (SSSR count). The molecule has 0 saturated heterocycles. The second-order valence-electron chi connectivity index (χ2n) is 13.6. The van der Waals surface area contributed by atoms with Gasteiger partial charge in [0, 0.05) is 26.5 Å². The summed E-state index contributed by atoms with van der Waals surface area (Å²) in [5, 5.41) is 15.0. The maximum Gasteiger partial charge on any atom is 0.0992 e. The Morgan fingerprint density at radius 2 is 1.19 bits per heavy atom. The molecular weight excluding hydrogens is 649 g/mol. The van der Waals surface area contributed by atoms with Crippen LogP contribution in [0.3, 0.4) is 0 Å². The van der Waals surface area contributed by atoms with Gasteiger partial charge in [-0.1, -0.05) is 145 Å². The van der Waals surface area contributed by atoms with E-state index in [1.165, 1.54) is 64.5 Å². The number of hydrogen-bond donors (Lipinski definition) is 0. The molecule has 3 heteroatoms. The Balaban J connectivity index is 1.38. The summed E-state index contributed by atoms with van der Waals surface area (Å²) in [5.41, 5.74) is 12.0. The van der Waals surface area contributed by atoms with Gasteiger partial charge in [0.25, 0.3) is 0 Å². The average molecular weight is 681 g/mol. The zero-order chi connectivity index (χ0) is 34.8. The molecule has 0 radical (unpaired) electrons. The number of rotatable bonds is 5. The molecule has 52 heavy (non-hydrogen) atoms. The molecule has 1 aliphatic carbocycles. The molecule has 0 saturated carbocycles. The molecule has 0 fully saturated rings. The van der Waals surface area contributed by atoms with Crippen molar-refractivity contribution in [3.05, 3.63) is 209 Å². The normalized spacial score (nSPS) is 12.8. The number of benzene rings is 8. The summed E-state index contributed by atoms with van der Waals surface area (Å²) in [4.78, 5) is 2.40. The van der Waals surface area contributed by atoms with Crippen molar-refractivity contribution in [1.29, 1.82) is 5.26 Å². The van der Waals surface area contributed by atoms with E-state index in [0.717, 1.165) is 22.4 Å². The van der Waals surface area contributed by atoms with E-state index in [2.05, 4.69) is 176 Å². The Labute approximate surface area is 307 Å². The molecule has 244 valence electrons. The standard InChI is InChI=1S/C49H32N2S/c1-32-26-27-41-42(28-32)49(34-15-4-2-5-16-34,35-17-6-3-7-18-35)43-30-45(37-20-8-9-22-39(37)47(41)43)51(36-19-12-14-33(29-36)31-50)44-24-13-23-40-38-21-10-11-25-46(38)52-48(40)44/h2-30H,1H3. The first kappa shape index (κ1) is 30.4. The van der Waals surface area contributed by atoms with Gasteiger partial charge in [-0.3, -0.25) is 0 Å². The Bertz CT molecular complexity index is 2840. The number of fused-ring (bicyclic) bond motifs is 8. The summed E-state index contributed by atoms with van der Waals surface area (Å²) >= 11 is 1.83. The third kappa shape index (κ3) is 4.35. The van der Waals surface area contributed by atoms with Crippen LogP contribution in [0.25, 0.3) is 42.1 Å². The average Bonchev–Trinajstić information content (AvgIpc) is 3.73. The van der Waals surface area contributed by atoms with Crippen LogP contribution in [-0.4, -0.2) is 0 Å². The molecule has 0 atom stereocenters. The van der Waals surface area contributed by atoms with Crippen molar-refractivity contribution in [3.8, 4) is 17.2 Å². The fourth-order valence-corrected chi connectivity index (χ4v) is 9.86. The predicted molar refractivity (Wildman–Crippen MR) is 218 cm³/mol. The van der Waals surface area contributed by atoms with Crippen LogP contribution in [0.4, 0.5) is 17.1 Å². The van der Waals surface area contributed by atoms with Crippen LogP contribution in [0.5, 0.6) is 0 Å². The number of aryl methyl sites for hydroxylation is 1. The van der Waals surface area contributed by atoms with Crippen LogP contribution < -0.4 is 4.90 Å². The van der Waals surface area contributed by atoms with Crippen LogP contribution in [0.1, 0.15) is 33.4 Å². The highest BCUT2D eigenvalue weighted by Gasteiger charge is 2.47. The molecular formula is C49H32N2S. The fraction of sp³-hybridized carbons (Fsp3) is 0.0408. The topological polar surface area (TPSA) is 27.0 Å². The van der Waals surface area contributed by atoms with Gasteiger partial charge in [0.2, 0.25) is 0 Å². The Hall–Kier alpha value is -6.47. The van der Waals surface area contributed by atoms with Gasteiger partial charge >= 0.3 is 0 Å². The molecule has 1 aliphatic rings. The zero-order valence-electron chi connectivity index (χ0n) is 28.5. The van der Waals surface area contributed by atoms with Gasteiger partial charge in [-0.25, -0.2) is 0 Å². The molecule has 0 amide bonds. The SMILES string of the molecule is Cc1ccc2c(c1)C(c1ccccc1)(c1ccccc1)c1cc(N(c3cccc(C#N)c3)c3cccc4c3sc3ccccc34)c3ccccc3c1-2. The minimum atomic E-state index is -0.568. The van der Waals surface area contributed by atoms with Crippen molar-refractivity contribution >= 4 is 59.3 Å². The summed E-state index contributed by atoms with van der Waals surface area (Å²) in [6, 6.07) is 66.1. The van der Waals surface area contributed by atoms with Gasteiger partial charge in [-0.2, -0.15) is 5.26 Å². The maximum atomic E-state index is 10.1. The van der Waals surface area contributed by atoms with Gasteiger partial charge < -0.3 is 4.90 Å². The van der Waals surface area contributed by atoms with Crippen molar-refractivity contribution in [2.24, 2.45) is 0 Å². The minimum absolute atomic E-state index is 0.568. The summed E-state index contributed by atoms with van der Waals surface area (Å²) in [6.45, 7) is 2.20. The number of nitrogens with zero attached hydrogens (tertiary/aromatic N) is 2. The van der Waals surface area contributed by atoms with Gasteiger partial charge in [-0.15, -0.1) is 11.3 Å². The zero-order valence-corrected chi connectivity index (χ0v) is 29.4. The second kappa shape index (κ2) is 11.8. The van der Waals surface area contributed by atoms with E-state index in [1.54, 1.807) is 0 Å². The Kier molecular flexibility index (Phi) is 6.90. The molecule has 1 aromatic heterocycles. The third-order valence-electron chi connectivity index (χ3n) is 10.8. The molecule has 0 N–H and O–H groups in total. The van der Waals surface area contributed by atoms with E-state index < -0.39 is 5.41 Å². The molecule has 0 spiro atoms. The van der Waals surface area contributed by atoms with Gasteiger partial charge in [-0.05, 0) is 82.1 Å². The first-order chi connectivity index (χ1) is 25.7. The van der Waals surface area contributed by atoms with Crippen molar-refractivity contribution < 1.29 is 0 Å². The number of nitriles is 1. The lowest BCUT2D eigenvalue weighted by Crippen LogP contribution is -2.29. The number of hydrogen-bond acceptors (Lipinski definition) is 3. The van der Waals surface area contributed by atoms with Crippen molar-refractivity contribution in [1.82, 2.24) is 0 Å². The van der Waals surface area contributed by atoms with Crippen LogP contribution in [-0.2, 0) is 5.41 Å². The van der Waals surface area contributed by atoms with Crippen molar-refractivity contribution in [2.45, 2.75) is 12.3 Å². The monoisotopic (exact) mass is 680 g/mol. The maximum absolute atomic E-state index is 10.1. The summed E-state index contributed by atoms with van der Waals surface area (Å²) in [5.74, 6) is 0. The Morgan fingerprint density at radius 3 is 1.94 bits per heavy atom. The van der Waals surface area contributed by atoms with Gasteiger partial charge in [0.05, 0.1) is 33.1 Å². The molecule has 8 aromatic carbocycles. The number of thiophene rings is 1. The van der Waals surface area contributed by atoms with Crippen LogP contribution in [0, 0.1) is 18.3 Å².